The molecule has 2 aliphatic heterocycles. The van der Waals surface area contributed by atoms with Crippen LogP contribution < -0.4 is 15.4 Å². The van der Waals surface area contributed by atoms with Gasteiger partial charge in [-0.05, 0) is 37.0 Å². The van der Waals surface area contributed by atoms with E-state index in [0.717, 1.165) is 42.8 Å². The molecule has 0 bridgehead atoms. The second-order valence-corrected chi connectivity index (χ2v) is 6.61. The van der Waals surface area contributed by atoms with E-state index in [0.29, 0.717) is 19.6 Å². The molecule has 2 N–H and O–H groups in total. The molecule has 0 atom stereocenters. The first-order valence-electron chi connectivity index (χ1n) is 8.79. The Morgan fingerprint density at radius 1 is 1.32 bits per heavy atom. The molecule has 25 heavy (non-hydrogen) atoms. The molecule has 0 spiro atoms. The lowest BCUT2D eigenvalue weighted by Gasteiger charge is -2.36. The lowest BCUT2D eigenvalue weighted by atomic mass is 10.0. The van der Waals surface area contributed by atoms with E-state index in [1.54, 1.807) is 7.11 Å². The molecule has 0 aliphatic carbocycles. The van der Waals surface area contributed by atoms with Crippen molar-refractivity contribution in [2.75, 3.05) is 33.3 Å². The number of ether oxygens (including phenoxy) is 1. The van der Waals surface area contributed by atoms with Crippen LogP contribution in [0.4, 0.5) is 9.59 Å². The summed E-state index contributed by atoms with van der Waals surface area (Å²) in [5.74, 6) is 0.830. The second-order valence-electron chi connectivity index (χ2n) is 6.61. The highest BCUT2D eigenvalue weighted by atomic mass is 16.5. The van der Waals surface area contributed by atoms with E-state index in [9.17, 15) is 9.59 Å². The fourth-order valence-electron chi connectivity index (χ4n) is 3.48. The number of aryl methyl sites for hydroxylation is 1. The largest absolute Gasteiger partial charge is 0.496 e. The zero-order chi connectivity index (χ0) is 17.8. The quantitative estimate of drug-likeness (QED) is 0.871. The number of nitrogens with one attached hydrogen (secondary N) is 2. The van der Waals surface area contributed by atoms with Crippen molar-refractivity contribution in [3.05, 3.63) is 29.3 Å². The van der Waals surface area contributed by atoms with Gasteiger partial charge in [-0.15, -0.1) is 0 Å². The Morgan fingerprint density at radius 2 is 2.08 bits per heavy atom. The number of amides is 4. The number of methoxy groups -OCH3 is 1. The maximum atomic E-state index is 12.4. The van der Waals surface area contributed by atoms with E-state index in [4.69, 9.17) is 4.74 Å². The van der Waals surface area contributed by atoms with Gasteiger partial charge < -0.3 is 25.2 Å². The van der Waals surface area contributed by atoms with Crippen LogP contribution in [0.1, 0.15) is 24.0 Å². The normalized spacial score (nSPS) is 18.2. The van der Waals surface area contributed by atoms with Crippen LogP contribution in [0.5, 0.6) is 5.75 Å². The Morgan fingerprint density at radius 3 is 2.72 bits per heavy atom. The van der Waals surface area contributed by atoms with E-state index >= 15 is 0 Å². The third-order valence-corrected chi connectivity index (χ3v) is 5.00. The number of nitrogens with zero attached hydrogens (tertiary/aromatic N) is 2. The topological polar surface area (TPSA) is 73.9 Å². The molecule has 0 aromatic heterocycles. The molecule has 136 valence electrons. The van der Waals surface area contributed by atoms with Gasteiger partial charge in [0, 0.05) is 38.8 Å². The van der Waals surface area contributed by atoms with E-state index in [1.165, 1.54) is 0 Å². The summed E-state index contributed by atoms with van der Waals surface area (Å²) < 4.78 is 5.32. The molecule has 2 heterocycles. The van der Waals surface area contributed by atoms with Gasteiger partial charge in [-0.2, -0.15) is 0 Å². The summed E-state index contributed by atoms with van der Waals surface area (Å²) in [5.41, 5.74) is 2.09. The average Bonchev–Trinajstić information content (AvgIpc) is 3.07. The van der Waals surface area contributed by atoms with E-state index < -0.39 is 0 Å². The van der Waals surface area contributed by atoms with Crippen LogP contribution in [0.25, 0.3) is 0 Å². The molecule has 1 aromatic rings. The number of piperidine rings is 1. The molecule has 7 nitrogen and oxygen atoms in total. The van der Waals surface area contributed by atoms with Crippen molar-refractivity contribution in [2.24, 2.45) is 0 Å². The Hall–Kier alpha value is -2.44. The minimum Gasteiger partial charge on any atom is -0.496 e. The molecule has 0 radical (unpaired) electrons. The number of hydrogen-bond donors (Lipinski definition) is 2. The molecular formula is C18H26N4O3. The van der Waals surface area contributed by atoms with Crippen molar-refractivity contribution in [1.29, 1.82) is 0 Å². The highest BCUT2D eigenvalue weighted by Crippen LogP contribution is 2.20. The van der Waals surface area contributed by atoms with Crippen molar-refractivity contribution < 1.29 is 14.3 Å². The molecule has 0 saturated carbocycles. The predicted octanol–water partition coefficient (Wildman–Crippen LogP) is 1.70. The molecule has 0 unspecified atom stereocenters. The van der Waals surface area contributed by atoms with Crippen molar-refractivity contribution in [3.63, 3.8) is 0 Å². The highest BCUT2D eigenvalue weighted by Gasteiger charge is 2.31. The predicted molar refractivity (Wildman–Crippen MR) is 94.7 cm³/mol. The molecule has 1 aromatic carbocycles. The minimum atomic E-state index is -0.0520. The average molecular weight is 346 g/mol. The van der Waals surface area contributed by atoms with Gasteiger partial charge in [-0.25, -0.2) is 9.59 Å². The molecular weight excluding hydrogens is 320 g/mol. The van der Waals surface area contributed by atoms with Crippen LogP contribution >= 0.6 is 0 Å². The Kier molecular flexibility index (Phi) is 5.31. The third-order valence-electron chi connectivity index (χ3n) is 5.00. The van der Waals surface area contributed by atoms with Crippen LogP contribution in [-0.2, 0) is 6.54 Å². The summed E-state index contributed by atoms with van der Waals surface area (Å²) in [4.78, 5) is 27.8. The molecule has 2 fully saturated rings. The fourth-order valence-corrected chi connectivity index (χ4v) is 3.48. The van der Waals surface area contributed by atoms with Crippen molar-refractivity contribution in [3.8, 4) is 5.75 Å². The maximum Gasteiger partial charge on any atom is 0.317 e. The smallest absolute Gasteiger partial charge is 0.317 e. The molecule has 4 amide bonds. The van der Waals surface area contributed by atoms with Gasteiger partial charge >= 0.3 is 12.1 Å². The first-order valence-corrected chi connectivity index (χ1v) is 8.79. The number of rotatable bonds is 4. The maximum absolute atomic E-state index is 12.4. The van der Waals surface area contributed by atoms with Gasteiger partial charge in [0.1, 0.15) is 5.75 Å². The van der Waals surface area contributed by atoms with Crippen LogP contribution in [0, 0.1) is 6.92 Å². The summed E-state index contributed by atoms with van der Waals surface area (Å²) in [7, 11) is 1.65. The van der Waals surface area contributed by atoms with Gasteiger partial charge in [0.05, 0.1) is 7.11 Å². The first-order chi connectivity index (χ1) is 12.1. The lowest BCUT2D eigenvalue weighted by Crippen LogP contribution is -2.50. The number of likely N-dealkylation sites (tertiary alicyclic amines) is 1. The monoisotopic (exact) mass is 346 g/mol. The van der Waals surface area contributed by atoms with Crippen LogP contribution in [-0.4, -0.2) is 61.2 Å². The zero-order valence-corrected chi connectivity index (χ0v) is 14.9. The van der Waals surface area contributed by atoms with E-state index in [1.807, 2.05) is 34.9 Å². The number of carbonyl (C=O) groups excluding carboxylic acids is 2. The lowest BCUT2D eigenvalue weighted by molar-refractivity contribution is 0.141. The van der Waals surface area contributed by atoms with Gasteiger partial charge in [-0.3, -0.25) is 0 Å². The molecule has 2 saturated heterocycles. The zero-order valence-electron chi connectivity index (χ0n) is 14.9. The Bertz CT molecular complexity index is 641. The van der Waals surface area contributed by atoms with Crippen LogP contribution in [0.2, 0.25) is 0 Å². The molecule has 3 rings (SSSR count). The standard InChI is InChI=1S/C18H26N4O3/c1-13-3-4-14(11-16(13)25-2)12-20-17(23)21-8-5-15(6-9-21)22-10-7-19-18(22)24/h3-4,11,15H,5-10,12H2,1-2H3,(H,19,24)(H,20,23). The number of hydrogen-bond acceptors (Lipinski definition) is 3. The second kappa shape index (κ2) is 7.63. The number of urea groups is 2. The van der Waals surface area contributed by atoms with E-state index in [-0.39, 0.29) is 18.1 Å². The third kappa shape index (κ3) is 3.97. The number of carbonyl (C=O) groups is 2. The van der Waals surface area contributed by atoms with Crippen molar-refractivity contribution in [2.45, 2.75) is 32.4 Å². The van der Waals surface area contributed by atoms with Crippen molar-refractivity contribution in [1.82, 2.24) is 20.4 Å². The molecule has 7 heteroatoms. The first kappa shape index (κ1) is 17.4. The van der Waals surface area contributed by atoms with Gasteiger partial charge in [-0.1, -0.05) is 12.1 Å². The van der Waals surface area contributed by atoms with Crippen LogP contribution in [0.15, 0.2) is 18.2 Å². The minimum absolute atomic E-state index is 0.0243. The summed E-state index contributed by atoms with van der Waals surface area (Å²) in [6, 6.07) is 6.16. The van der Waals surface area contributed by atoms with Crippen molar-refractivity contribution >= 4 is 12.1 Å². The SMILES string of the molecule is COc1cc(CNC(=O)N2CCC(N3CCNC3=O)CC2)ccc1C. The number of benzene rings is 1. The highest BCUT2D eigenvalue weighted by molar-refractivity contribution is 5.77. The summed E-state index contributed by atoms with van der Waals surface area (Å²) >= 11 is 0. The Labute approximate surface area is 148 Å². The van der Waals surface area contributed by atoms with Gasteiger partial charge in [0.25, 0.3) is 0 Å². The fraction of sp³-hybridized carbons (Fsp3) is 0.556. The molecule has 2 aliphatic rings. The summed E-state index contributed by atoms with van der Waals surface area (Å²) in [6.07, 6.45) is 1.67. The Balaban J connectivity index is 1.47. The summed E-state index contributed by atoms with van der Waals surface area (Å²) in [5, 5.41) is 5.81. The van der Waals surface area contributed by atoms with Gasteiger partial charge in [0.2, 0.25) is 0 Å². The summed E-state index contributed by atoms with van der Waals surface area (Å²) in [6.45, 7) is 5.31. The van der Waals surface area contributed by atoms with E-state index in [2.05, 4.69) is 10.6 Å². The van der Waals surface area contributed by atoms with Crippen LogP contribution in [0.3, 0.4) is 0 Å². The van der Waals surface area contributed by atoms with Gasteiger partial charge in [0.15, 0.2) is 0 Å².